The fourth-order valence-corrected chi connectivity index (χ4v) is 8.83. The topological polar surface area (TPSA) is 15.3 Å². The quantitative estimate of drug-likeness (QED) is 0.286. The van der Waals surface area contributed by atoms with Crippen LogP contribution in [0.2, 0.25) is 0 Å². The lowest BCUT2D eigenvalue weighted by molar-refractivity contribution is -0.0408. The summed E-state index contributed by atoms with van der Waals surface area (Å²) < 4.78 is 0. The van der Waals surface area contributed by atoms with Crippen LogP contribution in [0.15, 0.2) is 12.3 Å². The average Bonchev–Trinajstić information content (AvgIpc) is 3.24. The second-order valence-electron chi connectivity index (χ2n) is 14.4. The van der Waals surface area contributed by atoms with E-state index in [0.29, 0.717) is 18.0 Å². The van der Waals surface area contributed by atoms with Gasteiger partial charge in [0.25, 0.3) is 0 Å². The van der Waals surface area contributed by atoms with E-state index in [2.05, 4.69) is 93.2 Å². The van der Waals surface area contributed by atoms with E-state index in [1.54, 1.807) is 0 Å². The third-order valence-corrected chi connectivity index (χ3v) is 11.2. The molecule has 0 spiro atoms. The van der Waals surface area contributed by atoms with Gasteiger partial charge in [-0.25, -0.2) is 5.01 Å². The highest BCUT2D eigenvalue weighted by Crippen LogP contribution is 2.63. The first-order chi connectivity index (χ1) is 15.8. The van der Waals surface area contributed by atoms with Crippen LogP contribution in [0.25, 0.3) is 0 Å². The van der Waals surface area contributed by atoms with Crippen LogP contribution in [0.3, 0.4) is 0 Å². The van der Waals surface area contributed by atoms with E-state index in [1.807, 2.05) is 0 Å². The van der Waals surface area contributed by atoms with Gasteiger partial charge >= 0.3 is 0 Å². The first kappa shape index (κ1) is 28.1. The van der Waals surface area contributed by atoms with Crippen molar-refractivity contribution in [2.45, 2.75) is 120 Å². The van der Waals surface area contributed by atoms with Crippen molar-refractivity contribution in [1.29, 1.82) is 0 Å². The van der Waals surface area contributed by atoms with Gasteiger partial charge in [-0.05, 0) is 110 Å². The maximum absolute atomic E-state index is 4.51. The number of hydrogen-bond acceptors (Lipinski definition) is 2. The van der Waals surface area contributed by atoms with E-state index in [1.165, 1.54) is 31.4 Å². The van der Waals surface area contributed by atoms with E-state index in [9.17, 15) is 0 Å². The normalized spacial score (nSPS) is 37.6. The summed E-state index contributed by atoms with van der Waals surface area (Å²) in [7, 11) is 0. The fraction of sp³-hybridized carbons (Fsp3) is 0.938. The van der Waals surface area contributed by atoms with Crippen molar-refractivity contribution in [2.24, 2.45) is 71.0 Å². The Morgan fingerprint density at radius 1 is 0.824 bits per heavy atom. The van der Waals surface area contributed by atoms with Gasteiger partial charge in [0.15, 0.2) is 0 Å². The van der Waals surface area contributed by atoms with E-state index in [4.69, 9.17) is 0 Å². The summed E-state index contributed by atoms with van der Waals surface area (Å²) in [6.07, 6.45) is 6.61. The van der Waals surface area contributed by atoms with Crippen molar-refractivity contribution in [3.8, 4) is 0 Å². The molecule has 198 valence electrons. The molecule has 3 aliphatic rings. The second kappa shape index (κ2) is 11.3. The maximum atomic E-state index is 4.51. The van der Waals surface area contributed by atoms with Crippen LogP contribution in [0.4, 0.5) is 0 Å². The Morgan fingerprint density at radius 3 is 2.00 bits per heavy atom. The Hall–Kier alpha value is -0.500. The third-order valence-electron chi connectivity index (χ3n) is 11.2. The number of rotatable bonds is 12. The third kappa shape index (κ3) is 5.57. The van der Waals surface area contributed by atoms with E-state index >= 15 is 0 Å². The molecule has 2 heteroatoms. The molecule has 0 aromatic rings. The zero-order valence-corrected chi connectivity index (χ0v) is 24.8. The zero-order valence-electron chi connectivity index (χ0n) is 24.8. The molecule has 0 amide bonds. The molecule has 3 saturated carbocycles. The summed E-state index contributed by atoms with van der Waals surface area (Å²) >= 11 is 0. The van der Waals surface area contributed by atoms with Gasteiger partial charge < -0.3 is 5.43 Å². The monoisotopic (exact) mass is 472 g/mol. The van der Waals surface area contributed by atoms with Crippen LogP contribution in [-0.2, 0) is 0 Å². The van der Waals surface area contributed by atoms with E-state index in [-0.39, 0.29) is 0 Å². The number of nitrogens with one attached hydrogen (secondary N) is 1. The standard InChI is InChI=1S/C32H60N2/c1-18(2)15-22(8)33-34(23(9)13-14-27(20(5)6)24(10)19(3)4)32-30-17-28-21(7)16-29(31(28)32)25(11)26(30)12/h18-21,23-33H,8,13-17H2,1-7,9-12H3. The smallest absolute Gasteiger partial charge is 0.0358 e. The number of nitrogens with zero attached hydrogens (tertiary/aromatic N) is 1. The Morgan fingerprint density at radius 2 is 1.44 bits per heavy atom. The molecule has 2 nitrogen and oxygen atoms in total. The molecular formula is C32H60N2. The molecule has 0 aliphatic heterocycles. The summed E-state index contributed by atoms with van der Waals surface area (Å²) in [5, 5.41) is 2.78. The van der Waals surface area contributed by atoms with Crippen molar-refractivity contribution in [2.75, 3.05) is 0 Å². The number of allylic oxidation sites excluding steroid dienone is 1. The lowest BCUT2D eigenvalue weighted by Gasteiger charge is -2.50. The minimum atomic E-state index is 0.549. The van der Waals surface area contributed by atoms with Gasteiger partial charge in [0, 0.05) is 17.8 Å². The highest BCUT2D eigenvalue weighted by molar-refractivity contribution is 5.12. The largest absolute Gasteiger partial charge is 0.323 e. The second-order valence-corrected chi connectivity index (χ2v) is 14.4. The first-order valence-electron chi connectivity index (χ1n) is 15.1. The van der Waals surface area contributed by atoms with Crippen molar-refractivity contribution in [1.82, 2.24) is 10.4 Å². The van der Waals surface area contributed by atoms with Crippen molar-refractivity contribution in [3.05, 3.63) is 12.3 Å². The predicted molar refractivity (Wildman–Crippen MR) is 149 cm³/mol. The Balaban J connectivity index is 1.83. The lowest BCUT2D eigenvalue weighted by Crippen LogP contribution is -2.58. The minimum absolute atomic E-state index is 0.549. The van der Waals surface area contributed by atoms with Gasteiger partial charge in [0.05, 0.1) is 0 Å². The minimum Gasteiger partial charge on any atom is -0.323 e. The molecule has 3 fully saturated rings. The molecule has 11 atom stereocenters. The fourth-order valence-electron chi connectivity index (χ4n) is 8.83. The van der Waals surface area contributed by atoms with Crippen LogP contribution in [0.1, 0.15) is 108 Å². The molecule has 11 unspecified atom stereocenters. The Labute approximate surface area is 214 Å². The molecule has 2 bridgehead atoms. The van der Waals surface area contributed by atoms with Crippen LogP contribution in [-0.4, -0.2) is 17.1 Å². The number of fused-ring (bicyclic) bond motifs is 1. The van der Waals surface area contributed by atoms with Crippen molar-refractivity contribution < 1.29 is 0 Å². The van der Waals surface area contributed by atoms with Crippen LogP contribution >= 0.6 is 0 Å². The summed E-state index contributed by atoms with van der Waals surface area (Å²) in [6.45, 7) is 31.6. The molecule has 0 aromatic heterocycles. The molecule has 0 radical (unpaired) electrons. The van der Waals surface area contributed by atoms with Crippen LogP contribution in [0, 0.1) is 71.0 Å². The number of hydrogen-bond donors (Lipinski definition) is 1. The first-order valence-corrected chi connectivity index (χ1v) is 15.1. The van der Waals surface area contributed by atoms with Crippen molar-refractivity contribution >= 4 is 0 Å². The summed E-state index contributed by atoms with van der Waals surface area (Å²) in [4.78, 5) is 0. The predicted octanol–water partition coefficient (Wildman–Crippen LogP) is 8.65. The molecule has 34 heavy (non-hydrogen) atoms. The highest BCUT2D eigenvalue weighted by Gasteiger charge is 2.62. The average molecular weight is 473 g/mol. The van der Waals surface area contributed by atoms with Gasteiger partial charge in [-0.3, -0.25) is 0 Å². The van der Waals surface area contributed by atoms with Crippen LogP contribution in [0.5, 0.6) is 0 Å². The zero-order chi connectivity index (χ0) is 25.5. The van der Waals surface area contributed by atoms with E-state index in [0.717, 1.165) is 71.5 Å². The van der Waals surface area contributed by atoms with Crippen LogP contribution < -0.4 is 5.43 Å². The molecule has 0 aromatic carbocycles. The van der Waals surface area contributed by atoms with Gasteiger partial charge in [0.2, 0.25) is 0 Å². The number of hydrazine groups is 1. The SMILES string of the molecule is C=C(CC(C)C)NN(C(C)CCC(C(C)C)C(C)C(C)C)C1C2CC3C(C)CC(C(C)C2C)C31. The molecular weight excluding hydrogens is 412 g/mol. The lowest BCUT2D eigenvalue weighted by atomic mass is 9.64. The molecule has 0 saturated heterocycles. The molecule has 0 heterocycles. The van der Waals surface area contributed by atoms with Crippen molar-refractivity contribution in [3.63, 3.8) is 0 Å². The van der Waals surface area contributed by atoms with Gasteiger partial charge in [-0.15, -0.1) is 0 Å². The van der Waals surface area contributed by atoms with Gasteiger partial charge in [-0.2, -0.15) is 0 Å². The van der Waals surface area contributed by atoms with Gasteiger partial charge in [0.1, 0.15) is 0 Å². The Kier molecular flexibility index (Phi) is 9.30. The molecule has 3 aliphatic carbocycles. The molecule has 1 N–H and O–H groups in total. The summed E-state index contributed by atoms with van der Waals surface area (Å²) in [5.74, 6) is 9.95. The van der Waals surface area contributed by atoms with Gasteiger partial charge in [-0.1, -0.05) is 75.8 Å². The summed E-state index contributed by atoms with van der Waals surface area (Å²) in [5.41, 5.74) is 5.21. The Bertz CT molecular complexity index is 666. The summed E-state index contributed by atoms with van der Waals surface area (Å²) in [6, 6.07) is 1.23. The van der Waals surface area contributed by atoms with E-state index < -0.39 is 0 Å². The highest BCUT2D eigenvalue weighted by atomic mass is 15.5. The maximum Gasteiger partial charge on any atom is 0.0358 e. The molecule has 3 rings (SSSR count).